The number of nitrogens with zero attached hydrogens (tertiary/aromatic N) is 2. The maximum atomic E-state index is 11.9. The van der Waals surface area contributed by atoms with E-state index in [0.29, 0.717) is 19.6 Å². The molecule has 4 nitrogen and oxygen atoms in total. The highest BCUT2D eigenvalue weighted by atomic mass is 32.2. The molecule has 0 unspecified atom stereocenters. The fraction of sp³-hybridized carbons (Fsp3) is 0.263. The summed E-state index contributed by atoms with van der Waals surface area (Å²) < 4.78 is 7.73. The number of ether oxygens (including phenoxy) is 1. The van der Waals surface area contributed by atoms with E-state index < -0.39 is 0 Å². The summed E-state index contributed by atoms with van der Waals surface area (Å²) >= 11 is 1.62. The number of thioether (sulfide) groups is 1. The second-order valence-corrected chi connectivity index (χ2v) is 6.43. The van der Waals surface area contributed by atoms with Crippen LogP contribution in [-0.2, 0) is 11.3 Å². The average Bonchev–Trinajstić information content (AvgIpc) is 2.97. The average molecular weight is 340 g/mol. The van der Waals surface area contributed by atoms with E-state index in [0.717, 1.165) is 27.7 Å². The molecule has 3 aromatic rings. The lowest BCUT2D eigenvalue weighted by molar-refractivity contribution is -0.119. The van der Waals surface area contributed by atoms with E-state index in [2.05, 4.69) is 4.98 Å². The van der Waals surface area contributed by atoms with Gasteiger partial charge in [0.1, 0.15) is 5.75 Å². The first kappa shape index (κ1) is 16.6. The van der Waals surface area contributed by atoms with Crippen LogP contribution in [0.25, 0.3) is 11.0 Å². The first-order valence-corrected chi connectivity index (χ1v) is 9.04. The minimum atomic E-state index is 0.209. The molecule has 0 spiro atoms. The maximum absolute atomic E-state index is 11.9. The minimum absolute atomic E-state index is 0.209. The third kappa shape index (κ3) is 3.97. The van der Waals surface area contributed by atoms with Gasteiger partial charge in [0.05, 0.1) is 24.2 Å². The number of benzene rings is 2. The number of hydrogen-bond acceptors (Lipinski definition) is 4. The van der Waals surface area contributed by atoms with Gasteiger partial charge in [0.15, 0.2) is 10.9 Å². The van der Waals surface area contributed by atoms with Gasteiger partial charge in [-0.3, -0.25) is 4.79 Å². The predicted molar refractivity (Wildman–Crippen MR) is 97.7 cm³/mol. The Morgan fingerprint density at radius 3 is 2.67 bits per heavy atom. The van der Waals surface area contributed by atoms with E-state index in [1.54, 1.807) is 11.8 Å². The standard InChI is InChI=1S/C19H20N2O2S/c1-2-15(22)14-21-18-11-7-6-10-17(18)20-19(21)24-13-12-23-16-8-4-3-5-9-16/h3-11H,2,12-14H2,1H3. The molecule has 0 fully saturated rings. The number of ketones is 1. The van der Waals surface area contributed by atoms with Crippen molar-refractivity contribution in [1.29, 1.82) is 0 Å². The first-order chi connectivity index (χ1) is 11.8. The molecule has 0 bridgehead atoms. The molecule has 0 amide bonds. The highest BCUT2D eigenvalue weighted by molar-refractivity contribution is 7.99. The first-order valence-electron chi connectivity index (χ1n) is 8.05. The van der Waals surface area contributed by atoms with Crippen LogP contribution >= 0.6 is 11.8 Å². The Bertz CT molecular complexity index is 815. The van der Waals surface area contributed by atoms with Gasteiger partial charge in [0.2, 0.25) is 0 Å². The monoisotopic (exact) mass is 340 g/mol. The summed E-state index contributed by atoms with van der Waals surface area (Å²) in [6.45, 7) is 2.86. The van der Waals surface area contributed by atoms with Gasteiger partial charge in [-0.2, -0.15) is 0 Å². The molecule has 5 heteroatoms. The largest absolute Gasteiger partial charge is 0.493 e. The van der Waals surface area contributed by atoms with Gasteiger partial charge in [-0.25, -0.2) is 4.98 Å². The lowest BCUT2D eigenvalue weighted by Crippen LogP contribution is -2.10. The molecule has 1 heterocycles. The molecule has 0 N–H and O–H groups in total. The van der Waals surface area contributed by atoms with Crippen molar-refractivity contribution < 1.29 is 9.53 Å². The fourth-order valence-electron chi connectivity index (χ4n) is 2.41. The number of hydrogen-bond donors (Lipinski definition) is 0. The summed E-state index contributed by atoms with van der Waals surface area (Å²) in [4.78, 5) is 16.6. The highest BCUT2D eigenvalue weighted by Crippen LogP contribution is 2.24. The summed E-state index contributed by atoms with van der Waals surface area (Å²) in [5.74, 6) is 1.85. The summed E-state index contributed by atoms with van der Waals surface area (Å²) in [6.07, 6.45) is 0.535. The normalized spacial score (nSPS) is 10.9. The molecule has 3 rings (SSSR count). The Morgan fingerprint density at radius 2 is 1.88 bits per heavy atom. The van der Waals surface area contributed by atoms with Gasteiger partial charge in [-0.1, -0.05) is 49.0 Å². The van der Waals surface area contributed by atoms with Crippen molar-refractivity contribution in [3.8, 4) is 5.75 Å². The molecule has 0 aliphatic heterocycles. The van der Waals surface area contributed by atoms with Crippen molar-refractivity contribution in [3.63, 3.8) is 0 Å². The smallest absolute Gasteiger partial charge is 0.169 e. The van der Waals surface area contributed by atoms with Crippen molar-refractivity contribution in [1.82, 2.24) is 9.55 Å². The molecule has 0 aliphatic rings. The van der Waals surface area contributed by atoms with E-state index in [1.807, 2.05) is 66.1 Å². The number of fused-ring (bicyclic) bond motifs is 1. The topological polar surface area (TPSA) is 44.1 Å². The second-order valence-electron chi connectivity index (χ2n) is 5.37. The molecule has 0 saturated carbocycles. The number of rotatable bonds is 8. The number of aromatic nitrogens is 2. The van der Waals surface area contributed by atoms with Crippen molar-refractivity contribution in [2.45, 2.75) is 25.0 Å². The van der Waals surface area contributed by atoms with E-state index >= 15 is 0 Å². The van der Waals surface area contributed by atoms with Crippen LogP contribution in [0.15, 0.2) is 59.8 Å². The van der Waals surface area contributed by atoms with Crippen molar-refractivity contribution >= 4 is 28.6 Å². The molecule has 0 atom stereocenters. The zero-order chi connectivity index (χ0) is 16.8. The van der Waals surface area contributed by atoms with Crippen LogP contribution in [-0.4, -0.2) is 27.7 Å². The zero-order valence-corrected chi connectivity index (χ0v) is 14.5. The number of carbonyl (C=O) groups excluding carboxylic acids is 1. The summed E-state index contributed by atoms with van der Waals surface area (Å²) in [5.41, 5.74) is 1.93. The lowest BCUT2D eigenvalue weighted by atomic mass is 10.3. The highest BCUT2D eigenvalue weighted by Gasteiger charge is 2.13. The Balaban J connectivity index is 1.69. The third-order valence-corrected chi connectivity index (χ3v) is 4.62. The van der Waals surface area contributed by atoms with Gasteiger partial charge in [-0.05, 0) is 24.3 Å². The lowest BCUT2D eigenvalue weighted by Gasteiger charge is -2.08. The number of imidazole rings is 1. The predicted octanol–water partition coefficient (Wildman–Crippen LogP) is 4.19. The van der Waals surface area contributed by atoms with E-state index in [9.17, 15) is 4.79 Å². The van der Waals surface area contributed by atoms with Gasteiger partial charge < -0.3 is 9.30 Å². The molecule has 0 saturated heterocycles. The summed E-state index contributed by atoms with van der Waals surface area (Å²) in [7, 11) is 0. The number of carbonyl (C=O) groups is 1. The maximum Gasteiger partial charge on any atom is 0.169 e. The van der Waals surface area contributed by atoms with Crippen molar-refractivity contribution in [2.75, 3.05) is 12.4 Å². The summed E-state index contributed by atoms with van der Waals surface area (Å²) in [5, 5.41) is 0.870. The molecule has 124 valence electrons. The quantitative estimate of drug-likeness (QED) is 0.456. The zero-order valence-electron chi connectivity index (χ0n) is 13.6. The summed E-state index contributed by atoms with van der Waals surface area (Å²) in [6, 6.07) is 17.7. The Labute approximate surface area is 145 Å². The van der Waals surface area contributed by atoms with Crippen molar-refractivity contribution in [3.05, 3.63) is 54.6 Å². The van der Waals surface area contributed by atoms with Crippen LogP contribution in [0, 0.1) is 0 Å². The van der Waals surface area contributed by atoms with E-state index in [-0.39, 0.29) is 5.78 Å². The molecule has 0 aliphatic carbocycles. The van der Waals surface area contributed by atoms with Crippen LogP contribution in [0.2, 0.25) is 0 Å². The molecule has 24 heavy (non-hydrogen) atoms. The van der Waals surface area contributed by atoms with Crippen LogP contribution < -0.4 is 4.74 Å². The number of para-hydroxylation sites is 3. The minimum Gasteiger partial charge on any atom is -0.493 e. The Hall–Kier alpha value is -2.27. The third-order valence-electron chi connectivity index (χ3n) is 3.67. The van der Waals surface area contributed by atoms with Crippen LogP contribution in [0.4, 0.5) is 0 Å². The van der Waals surface area contributed by atoms with E-state index in [1.165, 1.54) is 0 Å². The van der Waals surface area contributed by atoms with Crippen LogP contribution in [0.1, 0.15) is 13.3 Å². The Kier molecular flexibility index (Phi) is 5.54. The second kappa shape index (κ2) is 8.02. The molecule has 2 aromatic carbocycles. The SMILES string of the molecule is CCC(=O)Cn1c(SCCOc2ccccc2)nc2ccccc21. The van der Waals surface area contributed by atoms with Gasteiger partial charge in [0, 0.05) is 12.2 Å². The molecule has 1 aromatic heterocycles. The number of Topliss-reactive ketones (excluding diaryl/α,β-unsaturated/α-hetero) is 1. The van der Waals surface area contributed by atoms with E-state index in [4.69, 9.17) is 4.74 Å². The fourth-order valence-corrected chi connectivity index (χ4v) is 3.24. The molecule has 0 radical (unpaired) electrons. The Morgan fingerprint density at radius 1 is 1.12 bits per heavy atom. The van der Waals surface area contributed by atoms with Gasteiger partial charge in [-0.15, -0.1) is 0 Å². The molecular formula is C19H20N2O2S. The van der Waals surface area contributed by atoms with Crippen LogP contribution in [0.5, 0.6) is 5.75 Å². The van der Waals surface area contributed by atoms with Crippen molar-refractivity contribution in [2.24, 2.45) is 0 Å². The molecular weight excluding hydrogens is 320 g/mol. The van der Waals surface area contributed by atoms with Gasteiger partial charge >= 0.3 is 0 Å². The van der Waals surface area contributed by atoms with Crippen LogP contribution in [0.3, 0.4) is 0 Å². The van der Waals surface area contributed by atoms with Gasteiger partial charge in [0.25, 0.3) is 0 Å².